The molecule has 0 bridgehead atoms. The Morgan fingerprint density at radius 3 is 2.67 bits per heavy atom. The number of imide groups is 1. The number of nitrogens with zero attached hydrogens (tertiary/aromatic N) is 2. The van der Waals surface area contributed by atoms with Crippen molar-refractivity contribution in [2.75, 3.05) is 24.3 Å². The van der Waals surface area contributed by atoms with Crippen molar-refractivity contribution < 1.29 is 19.1 Å². The van der Waals surface area contributed by atoms with Crippen LogP contribution >= 0.6 is 11.8 Å². The van der Waals surface area contributed by atoms with E-state index in [0.29, 0.717) is 36.4 Å². The molecule has 2 heterocycles. The van der Waals surface area contributed by atoms with Gasteiger partial charge in [0.25, 0.3) is 0 Å². The molecule has 0 atom stereocenters. The number of urea groups is 1. The Balaban J connectivity index is 1.32. The maximum absolute atomic E-state index is 12.3. The standard InChI is InChI=1S/C21H26N4O4S/c1-13-14(2)25(16-5-3-4-6-16)21(22-13)30-12-19(26)24-20(27)23-15-7-8-17-18(11-15)29-10-9-28-17/h7-8,11,16H,3-6,9-10,12H2,1-2H3,(H2,23,24,26,27). The molecule has 0 unspecified atom stereocenters. The molecule has 2 N–H and O–H groups in total. The Kier molecular flexibility index (Phi) is 6.17. The summed E-state index contributed by atoms with van der Waals surface area (Å²) in [6.45, 7) is 5.04. The number of hydrogen-bond acceptors (Lipinski definition) is 6. The van der Waals surface area contributed by atoms with Gasteiger partial charge in [0, 0.05) is 23.5 Å². The zero-order valence-electron chi connectivity index (χ0n) is 17.2. The zero-order valence-corrected chi connectivity index (χ0v) is 18.0. The monoisotopic (exact) mass is 430 g/mol. The fraction of sp³-hybridized carbons (Fsp3) is 0.476. The molecular weight excluding hydrogens is 404 g/mol. The van der Waals surface area contributed by atoms with Crippen molar-refractivity contribution in [2.24, 2.45) is 0 Å². The van der Waals surface area contributed by atoms with E-state index in [4.69, 9.17) is 9.47 Å². The summed E-state index contributed by atoms with van der Waals surface area (Å²) in [6, 6.07) is 4.99. The van der Waals surface area contributed by atoms with Crippen LogP contribution in [0.2, 0.25) is 0 Å². The normalized spacial score (nSPS) is 15.8. The molecule has 1 aromatic heterocycles. The molecule has 1 saturated carbocycles. The SMILES string of the molecule is Cc1nc(SCC(=O)NC(=O)Nc2ccc3c(c2)OCCO3)n(C2CCCC2)c1C. The van der Waals surface area contributed by atoms with E-state index in [2.05, 4.69) is 27.1 Å². The minimum Gasteiger partial charge on any atom is -0.486 e. The van der Waals surface area contributed by atoms with Gasteiger partial charge in [-0.3, -0.25) is 10.1 Å². The Labute approximate surface area is 179 Å². The number of hydrogen-bond donors (Lipinski definition) is 2. The average Bonchev–Trinajstić information content (AvgIpc) is 3.34. The molecule has 30 heavy (non-hydrogen) atoms. The van der Waals surface area contributed by atoms with E-state index in [-0.39, 0.29) is 11.7 Å². The molecule has 3 amide bonds. The van der Waals surface area contributed by atoms with Crippen LogP contribution < -0.4 is 20.1 Å². The number of amides is 3. The van der Waals surface area contributed by atoms with Gasteiger partial charge in [-0.1, -0.05) is 24.6 Å². The van der Waals surface area contributed by atoms with Crippen molar-refractivity contribution in [2.45, 2.75) is 50.7 Å². The molecule has 9 heteroatoms. The van der Waals surface area contributed by atoms with Gasteiger partial charge in [0.1, 0.15) is 13.2 Å². The van der Waals surface area contributed by atoms with E-state index in [9.17, 15) is 9.59 Å². The summed E-state index contributed by atoms with van der Waals surface area (Å²) in [4.78, 5) is 29.1. The number of imidazole rings is 1. The van der Waals surface area contributed by atoms with Crippen LogP contribution in [-0.2, 0) is 4.79 Å². The summed E-state index contributed by atoms with van der Waals surface area (Å²) in [5, 5.41) is 5.87. The van der Waals surface area contributed by atoms with Gasteiger partial charge in [-0.15, -0.1) is 0 Å². The van der Waals surface area contributed by atoms with Gasteiger partial charge in [-0.05, 0) is 38.8 Å². The lowest BCUT2D eigenvalue weighted by Crippen LogP contribution is -2.35. The van der Waals surface area contributed by atoms with Crippen molar-refractivity contribution in [1.82, 2.24) is 14.9 Å². The maximum atomic E-state index is 12.3. The summed E-state index contributed by atoms with van der Waals surface area (Å²) in [7, 11) is 0. The number of thioether (sulfide) groups is 1. The first-order valence-electron chi connectivity index (χ1n) is 10.2. The zero-order chi connectivity index (χ0) is 21.1. The predicted molar refractivity (Wildman–Crippen MR) is 115 cm³/mol. The van der Waals surface area contributed by atoms with Crippen LogP contribution in [0.5, 0.6) is 11.5 Å². The number of rotatable bonds is 5. The smallest absolute Gasteiger partial charge is 0.325 e. The molecule has 4 rings (SSSR count). The number of fused-ring (bicyclic) bond motifs is 1. The summed E-state index contributed by atoms with van der Waals surface area (Å²) in [5.41, 5.74) is 2.67. The average molecular weight is 431 g/mol. The molecule has 0 spiro atoms. The van der Waals surface area contributed by atoms with Gasteiger partial charge < -0.3 is 19.4 Å². The third-order valence-corrected chi connectivity index (χ3v) is 6.38. The molecule has 0 radical (unpaired) electrons. The maximum Gasteiger partial charge on any atom is 0.325 e. The molecule has 2 aliphatic rings. The van der Waals surface area contributed by atoms with Gasteiger partial charge in [-0.25, -0.2) is 9.78 Å². The number of aromatic nitrogens is 2. The van der Waals surface area contributed by atoms with Crippen LogP contribution in [0.4, 0.5) is 10.5 Å². The van der Waals surface area contributed by atoms with Crippen LogP contribution in [0.25, 0.3) is 0 Å². The third-order valence-electron chi connectivity index (χ3n) is 5.43. The van der Waals surface area contributed by atoms with E-state index in [1.54, 1.807) is 18.2 Å². The second kappa shape index (κ2) is 8.99. The topological polar surface area (TPSA) is 94.5 Å². The third kappa shape index (κ3) is 4.56. The second-order valence-corrected chi connectivity index (χ2v) is 8.47. The van der Waals surface area contributed by atoms with Crippen molar-refractivity contribution in [1.29, 1.82) is 0 Å². The minimum atomic E-state index is -0.580. The predicted octanol–water partition coefficient (Wildman–Crippen LogP) is 3.83. The number of ether oxygens (including phenoxy) is 2. The largest absolute Gasteiger partial charge is 0.486 e. The quantitative estimate of drug-likeness (QED) is 0.700. The summed E-state index contributed by atoms with van der Waals surface area (Å²) in [5.74, 6) is 0.969. The van der Waals surface area contributed by atoms with Gasteiger partial charge in [0.2, 0.25) is 5.91 Å². The lowest BCUT2D eigenvalue weighted by Gasteiger charge is -2.19. The number of nitrogens with one attached hydrogen (secondary N) is 2. The molecule has 1 aromatic carbocycles. The Morgan fingerprint density at radius 2 is 1.90 bits per heavy atom. The first-order valence-corrected chi connectivity index (χ1v) is 11.2. The highest BCUT2D eigenvalue weighted by Gasteiger charge is 2.23. The Morgan fingerprint density at radius 1 is 1.17 bits per heavy atom. The van der Waals surface area contributed by atoms with Crippen molar-refractivity contribution >= 4 is 29.4 Å². The summed E-state index contributed by atoms with van der Waals surface area (Å²) >= 11 is 1.37. The van der Waals surface area contributed by atoms with Crippen LogP contribution in [-0.4, -0.2) is 40.5 Å². The minimum absolute atomic E-state index is 0.122. The highest BCUT2D eigenvalue weighted by atomic mass is 32.2. The van der Waals surface area contributed by atoms with Crippen LogP contribution in [0.3, 0.4) is 0 Å². The van der Waals surface area contributed by atoms with Gasteiger partial charge in [0.15, 0.2) is 16.7 Å². The first-order chi connectivity index (χ1) is 14.5. The molecule has 2 aromatic rings. The Bertz CT molecular complexity index is 953. The van der Waals surface area contributed by atoms with Crippen LogP contribution in [0.15, 0.2) is 23.4 Å². The van der Waals surface area contributed by atoms with Gasteiger partial charge in [-0.2, -0.15) is 0 Å². The molecule has 1 fully saturated rings. The lowest BCUT2D eigenvalue weighted by molar-refractivity contribution is -0.117. The highest BCUT2D eigenvalue weighted by molar-refractivity contribution is 7.99. The van der Waals surface area contributed by atoms with E-state index >= 15 is 0 Å². The molecular formula is C21H26N4O4S. The molecule has 1 aliphatic heterocycles. The van der Waals surface area contributed by atoms with E-state index in [1.165, 1.54) is 24.6 Å². The van der Waals surface area contributed by atoms with Gasteiger partial charge >= 0.3 is 6.03 Å². The lowest BCUT2D eigenvalue weighted by atomic mass is 10.2. The number of benzene rings is 1. The van der Waals surface area contributed by atoms with E-state index in [0.717, 1.165) is 29.4 Å². The van der Waals surface area contributed by atoms with Crippen LogP contribution in [0.1, 0.15) is 43.1 Å². The van der Waals surface area contributed by atoms with Crippen molar-refractivity contribution in [3.8, 4) is 11.5 Å². The molecule has 160 valence electrons. The molecule has 8 nitrogen and oxygen atoms in total. The van der Waals surface area contributed by atoms with E-state index in [1.807, 2.05) is 6.92 Å². The van der Waals surface area contributed by atoms with Crippen molar-refractivity contribution in [3.05, 3.63) is 29.6 Å². The summed E-state index contributed by atoms with van der Waals surface area (Å²) < 4.78 is 13.2. The number of carbonyl (C=O) groups excluding carboxylic acids is 2. The van der Waals surface area contributed by atoms with Gasteiger partial charge in [0.05, 0.1) is 11.4 Å². The molecule has 1 aliphatic carbocycles. The van der Waals surface area contributed by atoms with Crippen LogP contribution in [0, 0.1) is 13.8 Å². The van der Waals surface area contributed by atoms with Crippen molar-refractivity contribution in [3.63, 3.8) is 0 Å². The summed E-state index contributed by atoms with van der Waals surface area (Å²) in [6.07, 6.45) is 4.75. The number of anilines is 1. The number of aryl methyl sites for hydroxylation is 1. The Hall–Kier alpha value is -2.68. The second-order valence-electron chi connectivity index (χ2n) is 7.52. The van der Waals surface area contributed by atoms with E-state index < -0.39 is 6.03 Å². The number of carbonyl (C=O) groups is 2. The molecule has 0 saturated heterocycles. The fourth-order valence-corrected chi connectivity index (χ4v) is 4.83. The fourth-order valence-electron chi connectivity index (χ4n) is 3.87. The first kappa shape index (κ1) is 20.6. The highest BCUT2D eigenvalue weighted by Crippen LogP contribution is 2.35.